The molecule has 0 saturated heterocycles. The normalized spacial score (nSPS) is 14.0. The van der Waals surface area contributed by atoms with E-state index in [0.29, 0.717) is 0 Å². The summed E-state index contributed by atoms with van der Waals surface area (Å²) in [5.41, 5.74) is 5.33. The largest absolute Gasteiger partial charge is 0.472 e. The molecule has 3 rings (SSSR count). The van der Waals surface area contributed by atoms with Crippen molar-refractivity contribution in [2.45, 2.75) is 25.9 Å². The van der Waals surface area contributed by atoms with Gasteiger partial charge in [0.2, 0.25) is 0 Å². The molecule has 1 aliphatic heterocycles. The molecule has 2 heterocycles. The maximum atomic E-state index is 5.06. The fourth-order valence-corrected chi connectivity index (χ4v) is 2.46. The number of aryl methyl sites for hydroxylation is 1. The molecule has 0 spiro atoms. The van der Waals surface area contributed by atoms with Crippen LogP contribution in [0.3, 0.4) is 0 Å². The maximum Gasteiger partial charge on any atom is 0.0947 e. The number of benzene rings is 1. The van der Waals surface area contributed by atoms with Crippen molar-refractivity contribution in [2.75, 3.05) is 11.9 Å². The molecule has 3 heteroatoms. The monoisotopic (exact) mass is 242 g/mol. The third-order valence-electron chi connectivity index (χ3n) is 3.39. The molecule has 0 fully saturated rings. The van der Waals surface area contributed by atoms with Crippen molar-refractivity contribution in [3.8, 4) is 0 Å². The van der Waals surface area contributed by atoms with Crippen LogP contribution in [-0.4, -0.2) is 6.54 Å². The van der Waals surface area contributed by atoms with Crippen LogP contribution >= 0.6 is 0 Å². The zero-order valence-electron chi connectivity index (χ0n) is 10.4. The van der Waals surface area contributed by atoms with Crippen LogP contribution in [-0.2, 0) is 19.5 Å². The molecule has 1 aromatic carbocycles. The summed E-state index contributed by atoms with van der Waals surface area (Å²) in [4.78, 5) is 0. The first-order chi connectivity index (χ1) is 8.93. The van der Waals surface area contributed by atoms with Crippen LogP contribution < -0.4 is 10.6 Å². The summed E-state index contributed by atoms with van der Waals surface area (Å²) in [5.74, 6) is 0. The average molecular weight is 242 g/mol. The van der Waals surface area contributed by atoms with E-state index in [9.17, 15) is 0 Å². The molecule has 2 aromatic rings. The Morgan fingerprint density at radius 3 is 3.11 bits per heavy atom. The molecule has 0 saturated carbocycles. The van der Waals surface area contributed by atoms with E-state index in [2.05, 4.69) is 28.8 Å². The van der Waals surface area contributed by atoms with E-state index >= 15 is 0 Å². The molecule has 0 unspecified atom stereocenters. The lowest BCUT2D eigenvalue weighted by molar-refractivity contribution is 0.560. The molecule has 0 radical (unpaired) electrons. The highest BCUT2D eigenvalue weighted by Crippen LogP contribution is 2.25. The molecule has 0 amide bonds. The van der Waals surface area contributed by atoms with Crippen LogP contribution in [0.5, 0.6) is 0 Å². The van der Waals surface area contributed by atoms with Gasteiger partial charge in [-0.15, -0.1) is 0 Å². The van der Waals surface area contributed by atoms with E-state index < -0.39 is 0 Å². The Labute approximate surface area is 107 Å². The van der Waals surface area contributed by atoms with Gasteiger partial charge >= 0.3 is 0 Å². The van der Waals surface area contributed by atoms with Crippen molar-refractivity contribution in [3.05, 3.63) is 53.5 Å². The van der Waals surface area contributed by atoms with Crippen LogP contribution in [0.2, 0.25) is 0 Å². The van der Waals surface area contributed by atoms with E-state index in [1.54, 1.807) is 12.5 Å². The van der Waals surface area contributed by atoms with Crippen LogP contribution in [0.1, 0.15) is 23.1 Å². The smallest absolute Gasteiger partial charge is 0.0947 e. The van der Waals surface area contributed by atoms with Gasteiger partial charge in [0, 0.05) is 30.9 Å². The third kappa shape index (κ3) is 2.41. The average Bonchev–Trinajstić information content (AvgIpc) is 2.92. The van der Waals surface area contributed by atoms with E-state index in [4.69, 9.17) is 4.42 Å². The summed E-state index contributed by atoms with van der Waals surface area (Å²) < 4.78 is 5.06. The predicted octanol–water partition coefficient (Wildman–Crippen LogP) is 2.93. The number of para-hydroxylation sites is 1. The maximum absolute atomic E-state index is 5.06. The standard InChI is InChI=1S/C15H18N2O/c1-3-13-5-2-7-17-15(13)14(4-1)10-16-9-12-6-8-18-11-12/h1,3-4,6,8,11,16-17H,2,5,7,9-10H2. The first-order valence-electron chi connectivity index (χ1n) is 6.50. The summed E-state index contributed by atoms with van der Waals surface area (Å²) in [6.07, 6.45) is 5.92. The lowest BCUT2D eigenvalue weighted by Crippen LogP contribution is -2.18. The van der Waals surface area contributed by atoms with E-state index in [1.807, 2.05) is 6.07 Å². The predicted molar refractivity (Wildman–Crippen MR) is 72.5 cm³/mol. The summed E-state index contributed by atoms with van der Waals surface area (Å²) in [7, 11) is 0. The second kappa shape index (κ2) is 5.27. The van der Waals surface area contributed by atoms with Gasteiger partial charge in [0.15, 0.2) is 0 Å². The Morgan fingerprint density at radius 2 is 2.22 bits per heavy atom. The Morgan fingerprint density at radius 1 is 1.22 bits per heavy atom. The van der Waals surface area contributed by atoms with Crippen LogP contribution in [0.4, 0.5) is 5.69 Å². The number of fused-ring (bicyclic) bond motifs is 1. The summed E-state index contributed by atoms with van der Waals surface area (Å²) in [5, 5.41) is 6.97. The number of hydrogen-bond acceptors (Lipinski definition) is 3. The van der Waals surface area contributed by atoms with Crippen LogP contribution in [0.25, 0.3) is 0 Å². The Kier molecular flexibility index (Phi) is 3.33. The van der Waals surface area contributed by atoms with Gasteiger partial charge in [-0.3, -0.25) is 0 Å². The lowest BCUT2D eigenvalue weighted by atomic mass is 9.99. The molecular weight excluding hydrogens is 224 g/mol. The number of nitrogens with one attached hydrogen (secondary N) is 2. The molecule has 94 valence electrons. The molecule has 1 aromatic heterocycles. The van der Waals surface area contributed by atoms with E-state index in [0.717, 1.165) is 19.6 Å². The van der Waals surface area contributed by atoms with Gasteiger partial charge in [-0.05, 0) is 30.0 Å². The van der Waals surface area contributed by atoms with E-state index in [-0.39, 0.29) is 0 Å². The highest BCUT2D eigenvalue weighted by Gasteiger charge is 2.11. The van der Waals surface area contributed by atoms with Gasteiger partial charge in [0.25, 0.3) is 0 Å². The van der Waals surface area contributed by atoms with Gasteiger partial charge in [-0.25, -0.2) is 0 Å². The fourth-order valence-electron chi connectivity index (χ4n) is 2.46. The van der Waals surface area contributed by atoms with Crippen molar-refractivity contribution in [2.24, 2.45) is 0 Å². The molecule has 0 atom stereocenters. The van der Waals surface area contributed by atoms with Crippen molar-refractivity contribution in [1.82, 2.24) is 5.32 Å². The van der Waals surface area contributed by atoms with Gasteiger partial charge in [0.1, 0.15) is 0 Å². The number of furan rings is 1. The molecule has 2 N–H and O–H groups in total. The summed E-state index contributed by atoms with van der Waals surface area (Å²) >= 11 is 0. The quantitative estimate of drug-likeness (QED) is 0.865. The topological polar surface area (TPSA) is 37.2 Å². The van der Waals surface area contributed by atoms with Crippen molar-refractivity contribution < 1.29 is 4.42 Å². The van der Waals surface area contributed by atoms with E-state index in [1.165, 1.54) is 35.2 Å². The van der Waals surface area contributed by atoms with Gasteiger partial charge < -0.3 is 15.1 Å². The third-order valence-corrected chi connectivity index (χ3v) is 3.39. The zero-order chi connectivity index (χ0) is 12.2. The Bertz CT molecular complexity index is 505. The molecule has 0 bridgehead atoms. The first-order valence-corrected chi connectivity index (χ1v) is 6.50. The van der Waals surface area contributed by atoms with Crippen LogP contribution in [0.15, 0.2) is 41.2 Å². The first kappa shape index (κ1) is 11.4. The highest BCUT2D eigenvalue weighted by atomic mass is 16.3. The number of anilines is 1. The minimum absolute atomic E-state index is 0.847. The van der Waals surface area contributed by atoms with Crippen molar-refractivity contribution in [1.29, 1.82) is 0 Å². The van der Waals surface area contributed by atoms with Crippen molar-refractivity contribution in [3.63, 3.8) is 0 Å². The highest BCUT2D eigenvalue weighted by molar-refractivity contribution is 5.59. The number of rotatable bonds is 4. The molecule has 18 heavy (non-hydrogen) atoms. The summed E-state index contributed by atoms with van der Waals surface area (Å²) in [6.45, 7) is 2.83. The minimum Gasteiger partial charge on any atom is -0.472 e. The molecular formula is C15H18N2O. The Hall–Kier alpha value is -1.74. The van der Waals surface area contributed by atoms with Crippen LogP contribution in [0, 0.1) is 0 Å². The summed E-state index contributed by atoms with van der Waals surface area (Å²) in [6, 6.07) is 8.56. The SMILES string of the molecule is c1cc2c(c(CNCc3ccoc3)c1)NCCC2. The molecule has 3 nitrogen and oxygen atoms in total. The fraction of sp³-hybridized carbons (Fsp3) is 0.333. The van der Waals surface area contributed by atoms with Gasteiger partial charge in [0.05, 0.1) is 12.5 Å². The molecule has 1 aliphatic rings. The van der Waals surface area contributed by atoms with Gasteiger partial charge in [-0.1, -0.05) is 18.2 Å². The Balaban J connectivity index is 1.65. The lowest BCUT2D eigenvalue weighted by Gasteiger charge is -2.21. The second-order valence-corrected chi connectivity index (χ2v) is 4.72. The zero-order valence-corrected chi connectivity index (χ0v) is 10.4. The van der Waals surface area contributed by atoms with Gasteiger partial charge in [-0.2, -0.15) is 0 Å². The molecule has 0 aliphatic carbocycles. The minimum atomic E-state index is 0.847. The second-order valence-electron chi connectivity index (χ2n) is 4.72. The number of hydrogen-bond donors (Lipinski definition) is 2. The van der Waals surface area contributed by atoms with Crippen molar-refractivity contribution >= 4 is 5.69 Å².